The van der Waals surface area contributed by atoms with Gasteiger partial charge in [-0.25, -0.2) is 0 Å². The van der Waals surface area contributed by atoms with E-state index in [1.54, 1.807) is 0 Å². The Labute approximate surface area is 120 Å². The average molecular weight is 278 g/mol. The monoisotopic (exact) mass is 278 g/mol. The standard InChI is InChI=1S/C15H26N4O/c1-15(2,16)7-6-13-17-14(18-20-13)10-8-11-4-5-12(9-10)19(11)3/h10-12H,4-9,16H2,1-3H3. The summed E-state index contributed by atoms with van der Waals surface area (Å²) in [6, 6.07) is 1.42. The van der Waals surface area contributed by atoms with E-state index in [0.717, 1.165) is 24.6 Å². The highest BCUT2D eigenvalue weighted by Gasteiger charge is 2.40. The Morgan fingerprint density at radius 1 is 1.30 bits per heavy atom. The fraction of sp³-hybridized carbons (Fsp3) is 0.867. The van der Waals surface area contributed by atoms with Gasteiger partial charge in [-0.05, 0) is 53.0 Å². The van der Waals surface area contributed by atoms with Gasteiger partial charge in [0.15, 0.2) is 5.82 Å². The minimum atomic E-state index is -0.179. The smallest absolute Gasteiger partial charge is 0.226 e. The van der Waals surface area contributed by atoms with Crippen molar-refractivity contribution in [1.29, 1.82) is 0 Å². The van der Waals surface area contributed by atoms with Crippen molar-refractivity contribution in [1.82, 2.24) is 15.0 Å². The molecule has 2 aliphatic heterocycles. The molecule has 5 nitrogen and oxygen atoms in total. The topological polar surface area (TPSA) is 68.2 Å². The zero-order chi connectivity index (χ0) is 14.3. The summed E-state index contributed by atoms with van der Waals surface area (Å²) in [5.74, 6) is 2.14. The molecule has 5 heteroatoms. The Kier molecular flexibility index (Phi) is 3.58. The van der Waals surface area contributed by atoms with Gasteiger partial charge < -0.3 is 15.2 Å². The third kappa shape index (κ3) is 2.88. The van der Waals surface area contributed by atoms with Crippen LogP contribution in [0.5, 0.6) is 0 Å². The van der Waals surface area contributed by atoms with Crippen LogP contribution in [-0.4, -0.2) is 39.7 Å². The van der Waals surface area contributed by atoms with Crippen LogP contribution in [0, 0.1) is 0 Å². The lowest BCUT2D eigenvalue weighted by Crippen LogP contribution is -2.39. The van der Waals surface area contributed by atoms with E-state index < -0.39 is 0 Å². The predicted molar refractivity (Wildman–Crippen MR) is 77.4 cm³/mol. The summed E-state index contributed by atoms with van der Waals surface area (Å²) < 4.78 is 5.40. The van der Waals surface area contributed by atoms with Crippen molar-refractivity contribution in [3.63, 3.8) is 0 Å². The first-order chi connectivity index (χ1) is 9.42. The summed E-state index contributed by atoms with van der Waals surface area (Å²) in [5.41, 5.74) is 5.82. The predicted octanol–water partition coefficient (Wildman–Crippen LogP) is 2.08. The quantitative estimate of drug-likeness (QED) is 0.913. The molecular weight excluding hydrogens is 252 g/mol. The maximum Gasteiger partial charge on any atom is 0.226 e. The molecular formula is C15H26N4O. The van der Waals surface area contributed by atoms with Gasteiger partial charge in [0.25, 0.3) is 0 Å². The Hall–Kier alpha value is -0.940. The number of hydrogen-bond acceptors (Lipinski definition) is 5. The third-order valence-corrected chi connectivity index (χ3v) is 4.93. The van der Waals surface area contributed by atoms with Crippen LogP contribution in [0.1, 0.15) is 63.6 Å². The molecule has 2 aliphatic rings. The highest BCUT2D eigenvalue weighted by Crippen LogP contribution is 2.41. The van der Waals surface area contributed by atoms with Gasteiger partial charge in [0.1, 0.15) is 0 Å². The number of nitrogens with zero attached hydrogens (tertiary/aromatic N) is 3. The maximum absolute atomic E-state index is 6.00. The second-order valence-electron chi connectivity index (χ2n) is 7.25. The molecule has 0 amide bonds. The van der Waals surface area contributed by atoms with Gasteiger partial charge in [-0.15, -0.1) is 0 Å². The summed E-state index contributed by atoms with van der Waals surface area (Å²) >= 11 is 0. The molecule has 2 saturated heterocycles. The molecule has 0 spiro atoms. The molecule has 2 fully saturated rings. The van der Waals surface area contributed by atoms with Crippen LogP contribution in [-0.2, 0) is 6.42 Å². The zero-order valence-corrected chi connectivity index (χ0v) is 12.8. The van der Waals surface area contributed by atoms with E-state index in [1.807, 2.05) is 13.8 Å². The van der Waals surface area contributed by atoms with Crippen molar-refractivity contribution in [2.45, 2.75) is 75.9 Å². The number of piperidine rings is 1. The van der Waals surface area contributed by atoms with Gasteiger partial charge >= 0.3 is 0 Å². The van der Waals surface area contributed by atoms with Crippen LogP contribution in [0.15, 0.2) is 4.52 Å². The minimum absolute atomic E-state index is 0.179. The van der Waals surface area contributed by atoms with E-state index in [2.05, 4.69) is 22.1 Å². The van der Waals surface area contributed by atoms with Crippen LogP contribution in [0.4, 0.5) is 0 Å². The maximum atomic E-state index is 6.00. The van der Waals surface area contributed by atoms with E-state index in [4.69, 9.17) is 10.3 Å². The lowest BCUT2D eigenvalue weighted by molar-refractivity contribution is 0.157. The third-order valence-electron chi connectivity index (χ3n) is 4.93. The molecule has 2 N–H and O–H groups in total. The minimum Gasteiger partial charge on any atom is -0.339 e. The largest absolute Gasteiger partial charge is 0.339 e. The zero-order valence-electron chi connectivity index (χ0n) is 12.8. The molecule has 2 unspecified atom stereocenters. The Balaban J connectivity index is 1.63. The van der Waals surface area contributed by atoms with Crippen LogP contribution >= 0.6 is 0 Å². The van der Waals surface area contributed by atoms with Gasteiger partial charge in [0, 0.05) is 30.0 Å². The lowest BCUT2D eigenvalue weighted by atomic mass is 9.90. The van der Waals surface area contributed by atoms with E-state index in [9.17, 15) is 0 Å². The first-order valence-electron chi connectivity index (χ1n) is 7.76. The van der Waals surface area contributed by atoms with Gasteiger partial charge in [-0.3, -0.25) is 0 Å². The molecule has 112 valence electrons. The second-order valence-corrected chi connectivity index (χ2v) is 7.25. The number of aromatic nitrogens is 2. The lowest BCUT2D eigenvalue weighted by Gasteiger charge is -2.34. The van der Waals surface area contributed by atoms with Gasteiger partial charge in [-0.1, -0.05) is 5.16 Å². The fourth-order valence-corrected chi connectivity index (χ4v) is 3.59. The van der Waals surface area contributed by atoms with Crippen molar-refractivity contribution in [3.05, 3.63) is 11.7 Å². The van der Waals surface area contributed by atoms with Crippen LogP contribution in [0.2, 0.25) is 0 Å². The molecule has 3 heterocycles. The molecule has 2 bridgehead atoms. The summed E-state index contributed by atoms with van der Waals surface area (Å²) in [4.78, 5) is 7.14. The normalized spacial score (nSPS) is 30.9. The van der Waals surface area contributed by atoms with Crippen molar-refractivity contribution in [2.24, 2.45) is 5.73 Å². The summed E-state index contributed by atoms with van der Waals surface area (Å²) in [6.07, 6.45) is 6.64. The fourth-order valence-electron chi connectivity index (χ4n) is 3.59. The Morgan fingerprint density at radius 3 is 2.55 bits per heavy atom. The molecule has 0 radical (unpaired) electrons. The molecule has 20 heavy (non-hydrogen) atoms. The number of rotatable bonds is 4. The SMILES string of the molecule is CN1C2CCC1CC(c1noc(CCC(C)(C)N)n1)C2. The first kappa shape index (κ1) is 14.0. The molecule has 3 rings (SSSR count). The van der Waals surface area contributed by atoms with E-state index in [0.29, 0.717) is 18.0 Å². The average Bonchev–Trinajstić information content (AvgIpc) is 2.89. The highest BCUT2D eigenvalue weighted by atomic mass is 16.5. The second kappa shape index (κ2) is 5.11. The van der Waals surface area contributed by atoms with Gasteiger partial charge in [0.2, 0.25) is 5.89 Å². The summed E-state index contributed by atoms with van der Waals surface area (Å²) in [5, 5.41) is 4.22. The molecule has 1 aromatic heterocycles. The van der Waals surface area contributed by atoms with E-state index in [1.165, 1.54) is 25.7 Å². The number of fused-ring (bicyclic) bond motifs is 2. The van der Waals surface area contributed by atoms with E-state index in [-0.39, 0.29) is 5.54 Å². The summed E-state index contributed by atoms with van der Waals surface area (Å²) in [6.45, 7) is 4.05. The van der Waals surface area contributed by atoms with Crippen molar-refractivity contribution < 1.29 is 4.52 Å². The molecule has 0 aromatic carbocycles. The van der Waals surface area contributed by atoms with E-state index >= 15 is 0 Å². The summed E-state index contributed by atoms with van der Waals surface area (Å²) in [7, 11) is 2.25. The number of nitrogens with two attached hydrogens (primary N) is 1. The van der Waals surface area contributed by atoms with Crippen LogP contribution < -0.4 is 5.73 Å². The van der Waals surface area contributed by atoms with Crippen molar-refractivity contribution in [3.8, 4) is 0 Å². The molecule has 0 saturated carbocycles. The number of hydrogen-bond donors (Lipinski definition) is 1. The van der Waals surface area contributed by atoms with Gasteiger partial charge in [0.05, 0.1) is 0 Å². The molecule has 2 atom stereocenters. The first-order valence-corrected chi connectivity index (χ1v) is 7.76. The Bertz CT molecular complexity index is 451. The Morgan fingerprint density at radius 2 is 1.95 bits per heavy atom. The van der Waals surface area contributed by atoms with Crippen LogP contribution in [0.3, 0.4) is 0 Å². The van der Waals surface area contributed by atoms with Crippen molar-refractivity contribution in [2.75, 3.05) is 7.05 Å². The molecule has 0 aliphatic carbocycles. The molecule has 1 aromatic rings. The van der Waals surface area contributed by atoms with Crippen LogP contribution in [0.25, 0.3) is 0 Å². The number of aryl methyl sites for hydroxylation is 1. The highest BCUT2D eigenvalue weighted by molar-refractivity contribution is 5.05. The van der Waals surface area contributed by atoms with Crippen molar-refractivity contribution >= 4 is 0 Å². The van der Waals surface area contributed by atoms with Gasteiger partial charge in [-0.2, -0.15) is 4.98 Å².